The quantitative estimate of drug-likeness (QED) is 0.322. The molecule has 0 bridgehead atoms. The van der Waals surface area contributed by atoms with Gasteiger partial charge in [0.1, 0.15) is 0 Å². The Morgan fingerprint density at radius 2 is 2.33 bits per heavy atom. The minimum absolute atomic E-state index is 1.06. The second kappa shape index (κ2) is 6.28. The summed E-state index contributed by atoms with van der Waals surface area (Å²) in [4.78, 5) is 0. The molecule has 0 unspecified atom stereocenters. The molecule has 0 nitrogen and oxygen atoms in total. The van der Waals surface area contributed by atoms with Gasteiger partial charge in [0.15, 0.2) is 6.56 Å². The van der Waals surface area contributed by atoms with Crippen molar-refractivity contribution in [3.05, 3.63) is 12.2 Å². The molecule has 0 aromatic rings. The fourth-order valence-corrected chi connectivity index (χ4v) is 1.21. The summed E-state index contributed by atoms with van der Waals surface area (Å²) in [6.07, 6.45) is 2.32. The lowest BCUT2D eigenvalue weighted by Crippen LogP contribution is -1.85. The Kier molecular flexibility index (Phi) is 6.39. The first kappa shape index (κ1) is 9.15. The van der Waals surface area contributed by atoms with E-state index in [2.05, 4.69) is 27.0 Å². The van der Waals surface area contributed by atoms with Crippen molar-refractivity contribution in [3.63, 3.8) is 0 Å². The second-order valence-corrected chi connectivity index (χ2v) is 3.27. The van der Waals surface area contributed by atoms with Gasteiger partial charge in [-0.2, -0.15) is 0 Å². The molecule has 0 amide bonds. The van der Waals surface area contributed by atoms with Crippen molar-refractivity contribution in [1.29, 1.82) is 0 Å². The van der Waals surface area contributed by atoms with Gasteiger partial charge in [-0.3, -0.25) is 0 Å². The third kappa shape index (κ3) is 8.15. The van der Waals surface area contributed by atoms with Crippen molar-refractivity contribution in [1.82, 2.24) is 0 Å². The summed E-state index contributed by atoms with van der Waals surface area (Å²) >= 11 is 1.90. The molecule has 0 saturated carbocycles. The third-order valence-electron chi connectivity index (χ3n) is 0.872. The van der Waals surface area contributed by atoms with Gasteiger partial charge < -0.3 is 0 Å². The molecule has 0 aliphatic rings. The number of hydrogen-bond acceptors (Lipinski definition) is 1. The van der Waals surface area contributed by atoms with Gasteiger partial charge in [0.2, 0.25) is 0 Å². The van der Waals surface area contributed by atoms with E-state index in [9.17, 15) is 0 Å². The van der Waals surface area contributed by atoms with E-state index < -0.39 is 0 Å². The fraction of sp³-hybridized carbons (Fsp3) is 0.714. The van der Waals surface area contributed by atoms with E-state index in [1.807, 2.05) is 11.6 Å². The predicted octanol–water partition coefficient (Wildman–Crippen LogP) is 2.74. The molecule has 0 aliphatic carbocycles. The molecule has 0 N–H and O–H groups in total. The smallest absolute Gasteiger partial charge is 0.196 e. The van der Waals surface area contributed by atoms with Crippen molar-refractivity contribution in [3.8, 4) is 0 Å². The van der Waals surface area contributed by atoms with Crippen LogP contribution in [0.3, 0.4) is 0 Å². The molecule has 0 atom stereocenters. The molecule has 0 saturated heterocycles. The maximum atomic E-state index is 3.81. The normalized spacial score (nSPS) is 9.11. The van der Waals surface area contributed by atoms with Gasteiger partial charge >= 0.3 is 0 Å². The summed E-state index contributed by atoms with van der Waals surface area (Å²) in [5.74, 6) is 1.24. The van der Waals surface area contributed by atoms with E-state index in [1.165, 1.54) is 17.7 Å². The van der Waals surface area contributed by atoms with Crippen LogP contribution in [0.1, 0.15) is 20.3 Å². The maximum absolute atomic E-state index is 3.81. The lowest BCUT2D eigenvalue weighted by molar-refractivity contribution is 1.11. The van der Waals surface area contributed by atoms with Crippen molar-refractivity contribution in [2.75, 3.05) is 5.75 Å². The minimum Gasteiger partial charge on any atom is -0.218 e. The van der Waals surface area contributed by atoms with Crippen LogP contribution in [-0.4, -0.2) is 12.3 Å². The first-order chi connectivity index (χ1) is 4.27. The van der Waals surface area contributed by atoms with Gasteiger partial charge in [-0.15, -0.1) is 6.58 Å². The molecule has 0 heterocycles. The highest BCUT2D eigenvalue weighted by Crippen LogP contribution is 2.05. The van der Waals surface area contributed by atoms with E-state index in [4.69, 9.17) is 0 Å². The molecule has 0 aromatic heterocycles. The van der Waals surface area contributed by atoms with Crippen LogP contribution in [0.5, 0.6) is 0 Å². The summed E-state index contributed by atoms with van der Waals surface area (Å²) in [6.45, 7) is 10.3. The molecule has 51 valence electrons. The van der Waals surface area contributed by atoms with Crippen molar-refractivity contribution < 1.29 is 0 Å². The van der Waals surface area contributed by atoms with E-state index in [1.54, 1.807) is 0 Å². The fourth-order valence-electron chi connectivity index (χ4n) is 0.402. The largest absolute Gasteiger partial charge is 0.218 e. The van der Waals surface area contributed by atoms with Gasteiger partial charge in [0.05, 0.1) is 0 Å². The Labute approximate surface area is 63.2 Å². The Morgan fingerprint density at radius 1 is 1.67 bits per heavy atom. The highest BCUT2D eigenvalue weighted by molar-refractivity contribution is 8.22. The first-order valence-corrected chi connectivity index (χ1v) is 4.40. The summed E-state index contributed by atoms with van der Waals surface area (Å²) in [6, 6.07) is 0. The van der Waals surface area contributed by atoms with E-state index in [-0.39, 0.29) is 0 Å². The van der Waals surface area contributed by atoms with Crippen LogP contribution in [0, 0.1) is 0 Å². The highest BCUT2D eigenvalue weighted by atomic mass is 32.2. The zero-order valence-corrected chi connectivity index (χ0v) is 7.13. The standard InChI is InChI=1S/C7H14BS/c1-4-5-9-8-6-7(2)3/h2,4-6H2,1,3H3. The van der Waals surface area contributed by atoms with E-state index in [0.29, 0.717) is 0 Å². The first-order valence-electron chi connectivity index (χ1n) is 3.35. The summed E-state index contributed by atoms with van der Waals surface area (Å²) in [5, 5.41) is 0. The van der Waals surface area contributed by atoms with Crippen LogP contribution in [-0.2, 0) is 0 Å². The molecule has 0 spiro atoms. The van der Waals surface area contributed by atoms with Gasteiger partial charge in [0.25, 0.3) is 0 Å². The van der Waals surface area contributed by atoms with Crippen LogP contribution in [0.25, 0.3) is 0 Å². The molecule has 0 aromatic carbocycles. The Balaban J connectivity index is 2.83. The topological polar surface area (TPSA) is 0 Å². The van der Waals surface area contributed by atoms with Crippen LogP contribution in [0.15, 0.2) is 12.2 Å². The van der Waals surface area contributed by atoms with Crippen LogP contribution < -0.4 is 0 Å². The van der Waals surface area contributed by atoms with E-state index >= 15 is 0 Å². The van der Waals surface area contributed by atoms with Gasteiger partial charge in [-0.25, -0.2) is 11.6 Å². The monoisotopic (exact) mass is 141 g/mol. The predicted molar refractivity (Wildman–Crippen MR) is 48.1 cm³/mol. The third-order valence-corrected chi connectivity index (χ3v) is 1.92. The Hall–Kier alpha value is 0.155. The second-order valence-electron chi connectivity index (χ2n) is 2.20. The summed E-state index contributed by atoms with van der Waals surface area (Å²) in [5.41, 5.74) is 1.25. The van der Waals surface area contributed by atoms with Gasteiger partial charge in [-0.1, -0.05) is 12.5 Å². The molecule has 1 radical (unpaired) electrons. The summed E-state index contributed by atoms with van der Waals surface area (Å²) < 4.78 is 0. The molecule has 0 rings (SSSR count). The zero-order valence-electron chi connectivity index (χ0n) is 6.31. The highest BCUT2D eigenvalue weighted by Gasteiger charge is 1.89. The molecule has 0 aliphatic heterocycles. The lowest BCUT2D eigenvalue weighted by atomic mass is 9.98. The van der Waals surface area contributed by atoms with Gasteiger partial charge in [0, 0.05) is 0 Å². The molecule has 9 heavy (non-hydrogen) atoms. The van der Waals surface area contributed by atoms with Crippen molar-refractivity contribution >= 4 is 18.2 Å². The van der Waals surface area contributed by atoms with Crippen LogP contribution >= 0.6 is 11.6 Å². The average molecular weight is 141 g/mol. The SMILES string of the molecule is C=C(C)C[B]SCCC. The van der Waals surface area contributed by atoms with Gasteiger partial charge in [-0.05, 0) is 25.4 Å². The molecule has 2 heteroatoms. The van der Waals surface area contributed by atoms with Crippen LogP contribution in [0.2, 0.25) is 6.32 Å². The van der Waals surface area contributed by atoms with E-state index in [0.717, 1.165) is 6.32 Å². The molecular weight excluding hydrogens is 127 g/mol. The molecule has 0 fully saturated rings. The maximum Gasteiger partial charge on any atom is 0.196 e. The zero-order chi connectivity index (χ0) is 7.11. The Bertz CT molecular complexity index is 81.0. The summed E-state index contributed by atoms with van der Waals surface area (Å²) in [7, 11) is 0. The lowest BCUT2D eigenvalue weighted by Gasteiger charge is -1.95. The number of allylic oxidation sites excluding steroid dienone is 1. The Morgan fingerprint density at radius 3 is 2.78 bits per heavy atom. The number of hydrogen-bond donors (Lipinski definition) is 0. The molecular formula is C7H14BS. The van der Waals surface area contributed by atoms with Crippen LogP contribution in [0.4, 0.5) is 0 Å². The van der Waals surface area contributed by atoms with Crippen molar-refractivity contribution in [2.24, 2.45) is 0 Å². The minimum atomic E-state index is 1.06. The number of rotatable bonds is 5. The average Bonchev–Trinajstić information content (AvgIpc) is 1.80. The van der Waals surface area contributed by atoms with Crippen molar-refractivity contribution in [2.45, 2.75) is 26.6 Å².